The molecule has 4 unspecified atom stereocenters. The summed E-state index contributed by atoms with van der Waals surface area (Å²) in [5, 5.41) is 3.76. The largest absolute Gasteiger partial charge is 0.354 e. The van der Waals surface area contributed by atoms with Gasteiger partial charge in [-0.3, -0.25) is 0 Å². The van der Waals surface area contributed by atoms with Gasteiger partial charge in [-0.1, -0.05) is 20.8 Å². The van der Waals surface area contributed by atoms with Crippen LogP contribution in [0.1, 0.15) is 47.0 Å². The summed E-state index contributed by atoms with van der Waals surface area (Å²) in [4.78, 5) is 0. The van der Waals surface area contributed by atoms with Crippen molar-refractivity contribution < 1.29 is 9.47 Å². The SMILES string of the molecule is COC(OC)C(C)NC1CC2CCC1(C)C2(C)C. The van der Waals surface area contributed by atoms with Crippen molar-refractivity contribution in [3.63, 3.8) is 0 Å². The van der Waals surface area contributed by atoms with E-state index >= 15 is 0 Å². The van der Waals surface area contributed by atoms with Crippen molar-refractivity contribution in [2.45, 2.75) is 65.3 Å². The Hall–Kier alpha value is -0.120. The fraction of sp³-hybridized carbons (Fsp3) is 1.00. The Bertz CT molecular complexity index is 301. The van der Waals surface area contributed by atoms with E-state index in [1.165, 1.54) is 19.3 Å². The molecule has 106 valence electrons. The first-order valence-electron chi connectivity index (χ1n) is 7.18. The smallest absolute Gasteiger partial charge is 0.171 e. The number of fused-ring (bicyclic) bond motifs is 2. The van der Waals surface area contributed by atoms with Gasteiger partial charge < -0.3 is 14.8 Å². The van der Waals surface area contributed by atoms with Gasteiger partial charge in [-0.15, -0.1) is 0 Å². The lowest BCUT2D eigenvalue weighted by atomic mass is 9.69. The predicted octanol–water partition coefficient (Wildman–Crippen LogP) is 2.80. The Morgan fingerprint density at radius 1 is 1.17 bits per heavy atom. The van der Waals surface area contributed by atoms with E-state index in [2.05, 4.69) is 33.0 Å². The summed E-state index contributed by atoms with van der Waals surface area (Å²) in [7, 11) is 3.41. The molecular formula is C15H29NO2. The van der Waals surface area contributed by atoms with Crippen molar-refractivity contribution in [3.8, 4) is 0 Å². The lowest BCUT2D eigenvalue weighted by molar-refractivity contribution is -0.123. The van der Waals surface area contributed by atoms with Crippen LogP contribution >= 0.6 is 0 Å². The highest BCUT2D eigenvalue weighted by Crippen LogP contribution is 2.65. The molecule has 2 saturated carbocycles. The fourth-order valence-electron chi connectivity index (χ4n) is 4.36. The molecule has 1 N–H and O–H groups in total. The summed E-state index contributed by atoms with van der Waals surface area (Å²) in [6.45, 7) is 9.50. The van der Waals surface area contributed by atoms with Gasteiger partial charge in [-0.05, 0) is 42.9 Å². The monoisotopic (exact) mass is 255 g/mol. The van der Waals surface area contributed by atoms with Gasteiger partial charge in [0.05, 0.1) is 6.04 Å². The normalized spacial score (nSPS) is 39.5. The average molecular weight is 255 g/mol. The third kappa shape index (κ3) is 1.91. The highest BCUT2D eigenvalue weighted by molar-refractivity contribution is 5.13. The van der Waals surface area contributed by atoms with Crippen molar-refractivity contribution in [1.82, 2.24) is 5.32 Å². The molecule has 4 atom stereocenters. The minimum atomic E-state index is -0.157. The molecule has 2 rings (SSSR count). The molecule has 0 radical (unpaired) electrons. The molecule has 0 heterocycles. The van der Waals surface area contributed by atoms with Crippen LogP contribution in [0, 0.1) is 16.7 Å². The fourth-order valence-corrected chi connectivity index (χ4v) is 4.36. The second-order valence-electron chi connectivity index (χ2n) is 6.96. The first kappa shape index (κ1) is 14.3. The zero-order valence-electron chi connectivity index (χ0n) is 12.7. The molecule has 3 heteroatoms. The highest BCUT2D eigenvalue weighted by atomic mass is 16.7. The molecule has 0 aromatic carbocycles. The second kappa shape index (κ2) is 4.77. The molecule has 3 nitrogen and oxygen atoms in total. The van der Waals surface area contributed by atoms with Crippen LogP contribution in [-0.4, -0.2) is 32.6 Å². The third-order valence-corrected chi connectivity index (χ3v) is 6.13. The Labute approximate surface area is 112 Å². The van der Waals surface area contributed by atoms with E-state index in [0.717, 1.165) is 5.92 Å². The van der Waals surface area contributed by atoms with Gasteiger partial charge in [0.2, 0.25) is 0 Å². The van der Waals surface area contributed by atoms with Crippen molar-refractivity contribution >= 4 is 0 Å². The number of ether oxygens (including phenoxy) is 2. The van der Waals surface area contributed by atoms with Crippen LogP contribution in [0.4, 0.5) is 0 Å². The molecular weight excluding hydrogens is 226 g/mol. The van der Waals surface area contributed by atoms with Gasteiger partial charge in [-0.25, -0.2) is 0 Å². The van der Waals surface area contributed by atoms with Crippen LogP contribution in [0.2, 0.25) is 0 Å². The minimum Gasteiger partial charge on any atom is -0.354 e. The minimum absolute atomic E-state index is 0.157. The number of hydrogen-bond acceptors (Lipinski definition) is 3. The van der Waals surface area contributed by atoms with Crippen LogP contribution < -0.4 is 5.32 Å². The lowest BCUT2D eigenvalue weighted by Crippen LogP contribution is -2.51. The van der Waals surface area contributed by atoms with E-state index < -0.39 is 0 Å². The van der Waals surface area contributed by atoms with E-state index in [1.54, 1.807) is 14.2 Å². The van der Waals surface area contributed by atoms with Gasteiger partial charge in [0.15, 0.2) is 6.29 Å². The molecule has 0 saturated heterocycles. The number of nitrogens with one attached hydrogen (secondary N) is 1. The van der Waals surface area contributed by atoms with Gasteiger partial charge in [0.25, 0.3) is 0 Å². The van der Waals surface area contributed by atoms with Crippen molar-refractivity contribution in [1.29, 1.82) is 0 Å². The third-order valence-electron chi connectivity index (χ3n) is 6.13. The van der Waals surface area contributed by atoms with Crippen molar-refractivity contribution in [2.24, 2.45) is 16.7 Å². The Kier molecular flexibility index (Phi) is 3.79. The molecule has 2 aliphatic carbocycles. The summed E-state index contributed by atoms with van der Waals surface area (Å²) in [5.41, 5.74) is 0.873. The molecule has 0 aromatic heterocycles. The van der Waals surface area contributed by atoms with Crippen LogP contribution in [0.15, 0.2) is 0 Å². The van der Waals surface area contributed by atoms with Gasteiger partial charge in [0.1, 0.15) is 0 Å². The van der Waals surface area contributed by atoms with Gasteiger partial charge in [-0.2, -0.15) is 0 Å². The summed E-state index contributed by atoms with van der Waals surface area (Å²) in [6, 6.07) is 0.825. The van der Waals surface area contributed by atoms with E-state index in [0.29, 0.717) is 16.9 Å². The molecule has 0 spiro atoms. The maximum Gasteiger partial charge on any atom is 0.171 e. The van der Waals surface area contributed by atoms with Crippen molar-refractivity contribution in [2.75, 3.05) is 14.2 Å². The molecule has 2 aliphatic rings. The van der Waals surface area contributed by atoms with Crippen LogP contribution in [-0.2, 0) is 9.47 Å². The quantitative estimate of drug-likeness (QED) is 0.766. The lowest BCUT2D eigenvalue weighted by Gasteiger charge is -2.41. The maximum atomic E-state index is 5.35. The summed E-state index contributed by atoms with van der Waals surface area (Å²) < 4.78 is 10.7. The summed E-state index contributed by atoms with van der Waals surface area (Å²) in [5.74, 6) is 0.871. The number of rotatable bonds is 5. The predicted molar refractivity (Wildman–Crippen MR) is 73.4 cm³/mol. The zero-order chi connectivity index (χ0) is 13.6. The van der Waals surface area contributed by atoms with Crippen LogP contribution in [0.25, 0.3) is 0 Å². The van der Waals surface area contributed by atoms with Gasteiger partial charge in [0, 0.05) is 20.3 Å². The van der Waals surface area contributed by atoms with Crippen LogP contribution in [0.5, 0.6) is 0 Å². The molecule has 0 aliphatic heterocycles. The van der Waals surface area contributed by atoms with E-state index in [1.807, 2.05) is 0 Å². The van der Waals surface area contributed by atoms with E-state index in [-0.39, 0.29) is 12.3 Å². The second-order valence-corrected chi connectivity index (χ2v) is 6.96. The van der Waals surface area contributed by atoms with Crippen molar-refractivity contribution in [3.05, 3.63) is 0 Å². The molecule has 0 amide bonds. The maximum absolute atomic E-state index is 5.35. The topological polar surface area (TPSA) is 30.5 Å². The molecule has 2 fully saturated rings. The highest BCUT2D eigenvalue weighted by Gasteiger charge is 2.61. The zero-order valence-corrected chi connectivity index (χ0v) is 12.7. The Morgan fingerprint density at radius 2 is 1.78 bits per heavy atom. The molecule has 18 heavy (non-hydrogen) atoms. The number of hydrogen-bond donors (Lipinski definition) is 1. The van der Waals surface area contributed by atoms with E-state index in [9.17, 15) is 0 Å². The average Bonchev–Trinajstić information content (AvgIpc) is 2.63. The number of methoxy groups -OCH3 is 2. The summed E-state index contributed by atoms with van der Waals surface area (Å²) >= 11 is 0. The summed E-state index contributed by atoms with van der Waals surface area (Å²) in [6.07, 6.45) is 3.89. The standard InChI is InChI=1S/C15H29NO2/c1-10(13(17-5)18-6)16-12-9-11-7-8-15(12,4)14(11,2)3/h10-13,16H,7-9H2,1-6H3. The molecule has 0 aromatic rings. The first-order valence-corrected chi connectivity index (χ1v) is 7.18. The Morgan fingerprint density at radius 3 is 2.17 bits per heavy atom. The van der Waals surface area contributed by atoms with Gasteiger partial charge >= 0.3 is 0 Å². The van der Waals surface area contributed by atoms with E-state index in [4.69, 9.17) is 9.47 Å². The Balaban J connectivity index is 2.04. The molecule has 2 bridgehead atoms. The van der Waals surface area contributed by atoms with Crippen LogP contribution in [0.3, 0.4) is 0 Å². The first-order chi connectivity index (χ1) is 8.36.